The van der Waals surface area contributed by atoms with Crippen LogP contribution in [0.3, 0.4) is 0 Å². The number of nitrogens with zero attached hydrogens (tertiary/aromatic N) is 4. The van der Waals surface area contributed by atoms with Crippen LogP contribution in [0.25, 0.3) is 11.4 Å². The van der Waals surface area contributed by atoms with Crippen molar-refractivity contribution < 1.29 is 19.7 Å². The van der Waals surface area contributed by atoms with Crippen LogP contribution in [0.15, 0.2) is 42.5 Å². The van der Waals surface area contributed by atoms with Crippen molar-refractivity contribution in [3.63, 3.8) is 0 Å². The number of aliphatic hydroxyl groups is 1. The summed E-state index contributed by atoms with van der Waals surface area (Å²) in [5.74, 6) is 1.00. The van der Waals surface area contributed by atoms with Crippen LogP contribution in [-0.2, 0) is 9.53 Å². The number of allylic oxidation sites excluding steroid dienone is 1. The van der Waals surface area contributed by atoms with E-state index in [9.17, 15) is 15.0 Å². The van der Waals surface area contributed by atoms with E-state index < -0.39 is 23.4 Å². The summed E-state index contributed by atoms with van der Waals surface area (Å²) in [6, 6.07) is 3.63. The van der Waals surface area contributed by atoms with Gasteiger partial charge >= 0.3 is 5.97 Å². The van der Waals surface area contributed by atoms with Crippen molar-refractivity contribution in [1.29, 1.82) is 0 Å². The highest BCUT2D eigenvalue weighted by Gasteiger charge is 2.71. The second-order valence-corrected chi connectivity index (χ2v) is 16.8. The smallest absolute Gasteiger partial charge is 0.307 e. The maximum Gasteiger partial charge on any atom is 0.307 e. The molecule has 3 heterocycles. The fraction of sp³-hybridized carbons (Fsp3) is 0.730. The zero-order chi connectivity index (χ0) is 32.2. The Hall–Kier alpha value is -2.58. The molecule has 2 bridgehead atoms. The third kappa shape index (κ3) is 3.96. The second-order valence-electron chi connectivity index (χ2n) is 16.8. The number of hydrogen-bond donors (Lipinski definition) is 2. The van der Waals surface area contributed by atoms with Crippen LogP contribution >= 0.6 is 0 Å². The van der Waals surface area contributed by atoms with Crippen molar-refractivity contribution in [2.24, 2.45) is 56.7 Å². The van der Waals surface area contributed by atoms with Gasteiger partial charge in [-0.2, -0.15) is 5.10 Å². The molecular weight excluding hydrogens is 564 g/mol. The van der Waals surface area contributed by atoms with Gasteiger partial charge in [0.15, 0.2) is 5.82 Å². The number of aromatic nitrogens is 4. The lowest BCUT2D eigenvalue weighted by Crippen LogP contribution is -2.68. The largest absolute Gasteiger partial charge is 0.481 e. The summed E-state index contributed by atoms with van der Waals surface area (Å²) >= 11 is 0. The first kappa shape index (κ1) is 31.0. The minimum Gasteiger partial charge on any atom is -0.481 e. The Morgan fingerprint density at radius 3 is 2.47 bits per heavy atom. The third-order valence-electron chi connectivity index (χ3n) is 15.0. The fourth-order valence-electron chi connectivity index (χ4n) is 12.0. The first-order valence-electron chi connectivity index (χ1n) is 17.2. The normalized spacial score (nSPS) is 44.7. The van der Waals surface area contributed by atoms with Crippen LogP contribution in [0.5, 0.6) is 0 Å². The van der Waals surface area contributed by atoms with E-state index in [2.05, 4.69) is 64.5 Å². The van der Waals surface area contributed by atoms with Crippen molar-refractivity contribution in [2.75, 3.05) is 13.2 Å². The van der Waals surface area contributed by atoms with Gasteiger partial charge in [-0.3, -0.25) is 9.78 Å². The number of aliphatic hydroxyl groups excluding tert-OH is 1. The van der Waals surface area contributed by atoms with E-state index in [1.165, 1.54) is 5.57 Å². The van der Waals surface area contributed by atoms with Gasteiger partial charge in [-0.25, -0.2) is 9.67 Å². The van der Waals surface area contributed by atoms with Crippen LogP contribution < -0.4 is 0 Å². The standard InChI is InChI=1S/C37H52N4O4/c1-22(2)23(3)33(4)14-15-35(6)25-8-9-28-34(5)19-45-20-37(28,26(25)10-13-36(35,7)29(33)32(43)44)18-27(30(34)42)41-31(39-21-40-41)24-11-16-38-17-12-24/h10-12,16-17,21-23,25,27-30,42H,8-9,13-15,18-20H2,1-7H3,(H,43,44)/t23-,25+,27-,28+,29-,30+,33-,34?,35-,36+,37+/m1/s1. The third-order valence-corrected chi connectivity index (χ3v) is 15.0. The van der Waals surface area contributed by atoms with E-state index in [0.29, 0.717) is 31.0 Å². The summed E-state index contributed by atoms with van der Waals surface area (Å²) in [5, 5.41) is 27.9. The van der Waals surface area contributed by atoms with Gasteiger partial charge in [-0.05, 0) is 90.6 Å². The van der Waals surface area contributed by atoms with Crippen LogP contribution in [0.4, 0.5) is 0 Å². The molecule has 2 N–H and O–H groups in total. The SMILES string of the molecule is CC(C)[C@@H](C)[C@@]1(C)CC[C@]2(C)[C@H]3CC[C@H]4C5(C)COC[C@@]4(C[C@@H](n4ncnc4-c4ccncc4)[C@@H]5O)C3=CC[C@@]2(C)[C@@H]1C(=O)O. The molecule has 4 aliphatic carbocycles. The van der Waals surface area contributed by atoms with Gasteiger partial charge in [0, 0.05) is 28.8 Å². The van der Waals surface area contributed by atoms with Crippen molar-refractivity contribution in [2.45, 2.75) is 99.1 Å². The molecule has 1 unspecified atom stereocenters. The zero-order valence-electron chi connectivity index (χ0n) is 28.2. The van der Waals surface area contributed by atoms with Crippen LogP contribution in [0, 0.1) is 56.7 Å². The number of fused-ring (bicyclic) bond motifs is 3. The molecule has 0 radical (unpaired) electrons. The number of pyridine rings is 1. The van der Waals surface area contributed by atoms with Gasteiger partial charge in [-0.1, -0.05) is 60.1 Å². The Bertz CT molecular complexity index is 1510. The summed E-state index contributed by atoms with van der Waals surface area (Å²) in [4.78, 5) is 22.2. The number of hydrogen-bond acceptors (Lipinski definition) is 6. The lowest BCUT2D eigenvalue weighted by Gasteiger charge is -2.71. The number of aliphatic carboxylic acids is 1. The zero-order valence-corrected chi connectivity index (χ0v) is 28.2. The van der Waals surface area contributed by atoms with Crippen molar-refractivity contribution in [3.8, 4) is 11.4 Å². The molecule has 0 spiro atoms. The lowest BCUT2D eigenvalue weighted by molar-refractivity contribution is -0.240. The molecule has 244 valence electrons. The Labute approximate surface area is 268 Å². The van der Waals surface area contributed by atoms with Gasteiger partial charge in [0.05, 0.1) is 31.3 Å². The molecule has 1 saturated heterocycles. The molecule has 7 rings (SSSR count). The van der Waals surface area contributed by atoms with Gasteiger partial charge in [-0.15, -0.1) is 0 Å². The van der Waals surface area contributed by atoms with E-state index in [-0.39, 0.29) is 33.6 Å². The molecule has 3 saturated carbocycles. The lowest BCUT2D eigenvalue weighted by atomic mass is 9.34. The van der Waals surface area contributed by atoms with Crippen LogP contribution in [0.2, 0.25) is 0 Å². The minimum absolute atomic E-state index is 0.148. The topological polar surface area (TPSA) is 110 Å². The van der Waals surface area contributed by atoms with Gasteiger partial charge in [0.25, 0.3) is 0 Å². The fourth-order valence-corrected chi connectivity index (χ4v) is 12.0. The maximum absolute atomic E-state index is 13.4. The van der Waals surface area contributed by atoms with Crippen molar-refractivity contribution in [1.82, 2.24) is 19.7 Å². The molecule has 8 nitrogen and oxygen atoms in total. The molecule has 2 aromatic heterocycles. The van der Waals surface area contributed by atoms with Crippen molar-refractivity contribution in [3.05, 3.63) is 42.5 Å². The molecule has 2 aromatic rings. The van der Waals surface area contributed by atoms with Crippen LogP contribution in [-0.4, -0.2) is 55.2 Å². The van der Waals surface area contributed by atoms with E-state index in [1.807, 2.05) is 16.8 Å². The molecule has 1 aliphatic heterocycles. The molecule has 45 heavy (non-hydrogen) atoms. The summed E-state index contributed by atoms with van der Waals surface area (Å²) in [7, 11) is 0. The number of ether oxygens (including phenoxy) is 1. The predicted molar refractivity (Wildman–Crippen MR) is 172 cm³/mol. The molecule has 5 aliphatic rings. The van der Waals surface area contributed by atoms with Crippen molar-refractivity contribution >= 4 is 5.97 Å². The van der Waals surface area contributed by atoms with E-state index >= 15 is 0 Å². The summed E-state index contributed by atoms with van der Waals surface area (Å²) < 4.78 is 8.45. The summed E-state index contributed by atoms with van der Waals surface area (Å²) in [5.41, 5.74) is 0.955. The maximum atomic E-state index is 13.4. The Balaban J connectivity index is 1.34. The van der Waals surface area contributed by atoms with E-state index in [4.69, 9.17) is 9.84 Å². The molecule has 4 fully saturated rings. The quantitative estimate of drug-likeness (QED) is 0.354. The number of carboxylic acid groups (broad SMARTS) is 1. The van der Waals surface area contributed by atoms with Gasteiger partial charge in [0.2, 0.25) is 0 Å². The average molecular weight is 617 g/mol. The summed E-state index contributed by atoms with van der Waals surface area (Å²) in [6.07, 6.45) is 12.5. The van der Waals surface area contributed by atoms with Gasteiger partial charge in [0.1, 0.15) is 6.33 Å². The molecular formula is C37H52N4O4. The molecule has 8 heteroatoms. The first-order chi connectivity index (χ1) is 21.2. The monoisotopic (exact) mass is 616 g/mol. The first-order valence-corrected chi connectivity index (χ1v) is 17.2. The van der Waals surface area contributed by atoms with E-state index in [0.717, 1.165) is 49.9 Å². The second kappa shape index (κ2) is 10.2. The molecule has 0 amide bonds. The van der Waals surface area contributed by atoms with Crippen LogP contribution in [0.1, 0.15) is 93.0 Å². The Morgan fingerprint density at radius 2 is 1.78 bits per heavy atom. The summed E-state index contributed by atoms with van der Waals surface area (Å²) in [6.45, 7) is 17.1. The number of carboxylic acids is 1. The highest BCUT2D eigenvalue weighted by Crippen LogP contribution is 2.75. The highest BCUT2D eigenvalue weighted by atomic mass is 16.5. The number of carbonyl (C=O) groups is 1. The van der Waals surface area contributed by atoms with E-state index in [1.54, 1.807) is 18.7 Å². The predicted octanol–water partition coefficient (Wildman–Crippen LogP) is 6.83. The number of rotatable bonds is 5. The minimum atomic E-state index is -0.635. The Morgan fingerprint density at radius 1 is 1.04 bits per heavy atom. The molecule has 0 aromatic carbocycles. The average Bonchev–Trinajstić information content (AvgIpc) is 3.49. The highest BCUT2D eigenvalue weighted by molar-refractivity contribution is 5.73. The molecule has 11 atom stereocenters. The van der Waals surface area contributed by atoms with Gasteiger partial charge < -0.3 is 14.9 Å². The Kier molecular flexibility index (Phi) is 7.04.